The summed E-state index contributed by atoms with van der Waals surface area (Å²) in [5.41, 5.74) is 3.11. The fourth-order valence-electron chi connectivity index (χ4n) is 3.36. The van der Waals surface area contributed by atoms with Gasteiger partial charge in [-0.25, -0.2) is 13.2 Å². The number of nitrogens with one attached hydrogen (secondary N) is 1. The summed E-state index contributed by atoms with van der Waals surface area (Å²) in [7, 11) is -0.839. The Hall–Kier alpha value is -3.43. The molecule has 9 heteroatoms. The van der Waals surface area contributed by atoms with Gasteiger partial charge < -0.3 is 19.0 Å². The third kappa shape index (κ3) is 4.74. The Balaban J connectivity index is 0.000000222. The molecular weight excluding hydrogens is 432 g/mol. The molecule has 168 valence electrons. The minimum atomic E-state index is -4.27. The quantitative estimate of drug-likeness (QED) is 0.287. The van der Waals surface area contributed by atoms with Gasteiger partial charge in [-0.1, -0.05) is 35.9 Å². The van der Waals surface area contributed by atoms with Crippen LogP contribution in [0.2, 0.25) is 0 Å². The number of fused-ring (bicyclic) bond motifs is 3. The van der Waals surface area contributed by atoms with Gasteiger partial charge in [-0.05, 0) is 32.0 Å². The molecular formula is C23H24N2O6S. The maximum Gasteiger partial charge on any atom is 0.405 e. The zero-order valence-electron chi connectivity index (χ0n) is 18.2. The van der Waals surface area contributed by atoms with E-state index in [2.05, 4.69) is 4.98 Å². The zero-order valence-corrected chi connectivity index (χ0v) is 19.0. The second kappa shape index (κ2) is 9.37. The van der Waals surface area contributed by atoms with E-state index in [1.807, 2.05) is 31.2 Å². The van der Waals surface area contributed by atoms with Crippen LogP contribution in [0.25, 0.3) is 21.8 Å². The first-order valence-corrected chi connectivity index (χ1v) is 11.2. The molecule has 4 rings (SSSR count). The lowest BCUT2D eigenvalue weighted by atomic mass is 10.1. The number of methoxy groups -OCH3 is 1. The lowest BCUT2D eigenvalue weighted by Crippen LogP contribution is -2.37. The van der Waals surface area contributed by atoms with Crippen LogP contribution in [0.3, 0.4) is 0 Å². The highest BCUT2D eigenvalue weighted by Gasteiger charge is 2.28. The van der Waals surface area contributed by atoms with Crippen molar-refractivity contribution in [3.05, 3.63) is 66.0 Å². The van der Waals surface area contributed by atoms with Gasteiger partial charge >= 0.3 is 11.7 Å². The van der Waals surface area contributed by atoms with Gasteiger partial charge in [0.25, 0.3) is 0 Å². The fourth-order valence-corrected chi connectivity index (χ4v) is 3.83. The molecule has 1 N–H and O–H groups in total. The minimum absolute atomic E-state index is 0.178. The van der Waals surface area contributed by atoms with Gasteiger partial charge in [-0.2, -0.15) is 4.57 Å². The fraction of sp³-hybridized carbons (Fsp3) is 0.217. The minimum Gasteiger partial charge on any atom is -0.744 e. The van der Waals surface area contributed by atoms with Crippen LogP contribution < -0.4 is 9.30 Å². The normalized spacial score (nSPS) is 11.2. The topological polar surface area (TPSA) is 112 Å². The van der Waals surface area contributed by atoms with Crippen molar-refractivity contribution in [2.45, 2.75) is 18.7 Å². The molecule has 0 bridgehead atoms. The molecule has 0 spiro atoms. The lowest BCUT2D eigenvalue weighted by molar-refractivity contribution is -0.673. The molecule has 8 nitrogen and oxygen atoms in total. The van der Waals surface area contributed by atoms with E-state index >= 15 is 0 Å². The Morgan fingerprint density at radius 1 is 1.12 bits per heavy atom. The monoisotopic (exact) mass is 456 g/mol. The number of aromatic amines is 1. The van der Waals surface area contributed by atoms with Crippen LogP contribution in [0, 0.1) is 6.92 Å². The molecule has 4 aromatic rings. The predicted octanol–water partition coefficient (Wildman–Crippen LogP) is 3.23. The molecule has 0 aliphatic heterocycles. The molecule has 0 amide bonds. The van der Waals surface area contributed by atoms with Gasteiger partial charge in [0.1, 0.15) is 22.7 Å². The van der Waals surface area contributed by atoms with Gasteiger partial charge in [0.15, 0.2) is 5.75 Å². The number of para-hydroxylation sites is 1. The number of ether oxygens (including phenoxy) is 2. The highest BCUT2D eigenvalue weighted by Crippen LogP contribution is 2.33. The van der Waals surface area contributed by atoms with Crippen molar-refractivity contribution in [2.75, 3.05) is 13.7 Å². The molecule has 32 heavy (non-hydrogen) atoms. The van der Waals surface area contributed by atoms with E-state index < -0.39 is 10.1 Å². The third-order valence-corrected chi connectivity index (χ3v) is 5.70. The van der Waals surface area contributed by atoms with Crippen LogP contribution in [0.1, 0.15) is 23.0 Å². The van der Waals surface area contributed by atoms with Gasteiger partial charge in [-0.15, -0.1) is 0 Å². The largest absolute Gasteiger partial charge is 0.744 e. The Bertz CT molecular complexity index is 1380. The molecule has 0 saturated carbocycles. The van der Waals surface area contributed by atoms with E-state index in [4.69, 9.17) is 9.47 Å². The van der Waals surface area contributed by atoms with E-state index in [1.165, 1.54) is 12.1 Å². The number of esters is 1. The van der Waals surface area contributed by atoms with Crippen LogP contribution in [0.15, 0.2) is 59.6 Å². The molecule has 0 aliphatic rings. The lowest BCUT2D eigenvalue weighted by Gasteiger charge is -2.05. The van der Waals surface area contributed by atoms with Crippen LogP contribution >= 0.6 is 0 Å². The van der Waals surface area contributed by atoms with Crippen molar-refractivity contribution in [3.8, 4) is 5.75 Å². The predicted molar refractivity (Wildman–Crippen MR) is 119 cm³/mol. The number of rotatable bonds is 4. The summed E-state index contributed by atoms with van der Waals surface area (Å²) in [5.74, 6) is 0.372. The number of H-pyrrole nitrogens is 1. The molecule has 2 heterocycles. The average molecular weight is 457 g/mol. The number of aryl methyl sites for hydroxylation is 2. The standard InChI is InChI=1S/C16H16N2O3.C7H8O3S/c1-4-21-16(19)15-14-13(12(20-3)9-18(15)2)10-7-5-6-8-11(10)17-14;1-6-2-4-7(5-3-6)11(8,9)10/h5-9H,4H2,1-3H3;2-5H,1H3,(H,8,9,10). The molecule has 0 fully saturated rings. The Morgan fingerprint density at radius 2 is 1.78 bits per heavy atom. The van der Waals surface area contributed by atoms with Gasteiger partial charge in [0, 0.05) is 10.9 Å². The number of benzene rings is 2. The van der Waals surface area contributed by atoms with Gasteiger partial charge in [0.2, 0.25) is 6.20 Å². The second-order valence-electron chi connectivity index (χ2n) is 7.07. The Kier molecular flexibility index (Phi) is 6.81. The molecule has 0 aliphatic carbocycles. The number of hydrogen-bond acceptors (Lipinski definition) is 6. The summed E-state index contributed by atoms with van der Waals surface area (Å²) < 4.78 is 43.5. The SMILES string of the molecule is CCOC(=O)c1c2[nH]c3ccccc3c2c(OC)c[n+]1C.Cc1ccc(S(=O)(=O)[O-])cc1. The molecule has 0 radical (unpaired) electrons. The second-order valence-corrected chi connectivity index (χ2v) is 8.44. The smallest absolute Gasteiger partial charge is 0.405 e. The number of carbonyl (C=O) groups is 1. The summed E-state index contributed by atoms with van der Waals surface area (Å²) in [6, 6.07) is 13.7. The maximum atomic E-state index is 12.3. The van der Waals surface area contributed by atoms with Gasteiger partial charge in [-0.3, -0.25) is 0 Å². The molecule has 0 atom stereocenters. The Morgan fingerprint density at radius 3 is 2.38 bits per heavy atom. The highest BCUT2D eigenvalue weighted by molar-refractivity contribution is 7.85. The van der Waals surface area contributed by atoms with Crippen molar-refractivity contribution >= 4 is 37.9 Å². The summed E-state index contributed by atoms with van der Waals surface area (Å²) in [6.07, 6.45) is 1.80. The van der Waals surface area contributed by atoms with Crippen molar-refractivity contribution in [1.82, 2.24) is 4.98 Å². The van der Waals surface area contributed by atoms with Crippen molar-refractivity contribution in [3.63, 3.8) is 0 Å². The van der Waals surface area contributed by atoms with E-state index in [0.29, 0.717) is 12.3 Å². The summed E-state index contributed by atoms with van der Waals surface area (Å²) in [4.78, 5) is 15.4. The summed E-state index contributed by atoms with van der Waals surface area (Å²) in [6.45, 7) is 3.96. The number of pyridine rings is 1. The number of nitrogens with zero attached hydrogens (tertiary/aromatic N) is 1. The first-order chi connectivity index (χ1) is 15.2. The first kappa shape index (κ1) is 23.2. The van der Waals surface area contributed by atoms with Gasteiger partial charge in [0.05, 0.1) is 24.0 Å². The van der Waals surface area contributed by atoms with E-state index in [-0.39, 0.29) is 10.9 Å². The van der Waals surface area contributed by atoms with Crippen molar-refractivity contribution in [1.29, 1.82) is 0 Å². The highest BCUT2D eigenvalue weighted by atomic mass is 32.2. The first-order valence-electron chi connectivity index (χ1n) is 9.84. The molecule has 2 aromatic carbocycles. The van der Waals surface area contributed by atoms with E-state index in [9.17, 15) is 17.8 Å². The van der Waals surface area contributed by atoms with Crippen molar-refractivity contribution in [2.24, 2.45) is 7.05 Å². The Labute approximate surface area is 186 Å². The maximum absolute atomic E-state index is 12.3. The summed E-state index contributed by atoms with van der Waals surface area (Å²) >= 11 is 0. The summed E-state index contributed by atoms with van der Waals surface area (Å²) in [5, 5.41) is 1.92. The number of hydrogen-bond donors (Lipinski definition) is 1. The molecule has 0 saturated heterocycles. The van der Waals surface area contributed by atoms with Crippen molar-refractivity contribution < 1.29 is 31.8 Å². The zero-order chi connectivity index (χ0) is 23.5. The average Bonchev–Trinajstić information content (AvgIpc) is 3.12. The van der Waals surface area contributed by atoms with Crippen LogP contribution in [0.5, 0.6) is 5.75 Å². The molecule has 2 aromatic heterocycles. The molecule has 0 unspecified atom stereocenters. The van der Waals surface area contributed by atoms with Crippen LogP contribution in [-0.4, -0.2) is 37.6 Å². The van der Waals surface area contributed by atoms with E-state index in [1.54, 1.807) is 44.0 Å². The van der Waals surface area contributed by atoms with Crippen LogP contribution in [-0.2, 0) is 21.9 Å². The van der Waals surface area contributed by atoms with E-state index in [0.717, 1.165) is 33.1 Å². The number of carbonyl (C=O) groups excluding carboxylic acids is 1. The number of aromatic nitrogens is 2. The van der Waals surface area contributed by atoms with Crippen LogP contribution in [0.4, 0.5) is 0 Å². The third-order valence-electron chi connectivity index (χ3n) is 4.85.